The van der Waals surface area contributed by atoms with Gasteiger partial charge in [-0.15, -0.1) is 0 Å². The van der Waals surface area contributed by atoms with E-state index in [0.29, 0.717) is 27.3 Å². The topological polar surface area (TPSA) is 65.7 Å². The Balaban J connectivity index is 1.85. The van der Waals surface area contributed by atoms with Crippen molar-refractivity contribution >= 4 is 28.5 Å². The van der Waals surface area contributed by atoms with E-state index >= 15 is 0 Å². The van der Waals surface area contributed by atoms with Crippen LogP contribution in [0.25, 0.3) is 22.1 Å². The number of hydrogen-bond acceptors (Lipinski definition) is 5. The molecule has 6 heteroatoms. The monoisotopic (exact) mass is 400 g/mol. The lowest BCUT2D eigenvalue weighted by Crippen LogP contribution is -2.29. The van der Waals surface area contributed by atoms with Crippen LogP contribution in [0.5, 0.6) is 5.75 Å². The minimum absolute atomic E-state index is 0.153. The summed E-state index contributed by atoms with van der Waals surface area (Å²) in [5, 5.41) is 1.02. The average molecular weight is 401 g/mol. The van der Waals surface area contributed by atoms with E-state index in [-0.39, 0.29) is 11.5 Å². The van der Waals surface area contributed by atoms with Crippen LogP contribution in [0.1, 0.15) is 27.2 Å². The second-order valence-corrected chi connectivity index (χ2v) is 7.00. The van der Waals surface area contributed by atoms with Crippen LogP contribution in [-0.4, -0.2) is 18.2 Å². The molecule has 0 unspecified atom stereocenters. The molecule has 0 aliphatic carbocycles. The van der Waals surface area contributed by atoms with Crippen LogP contribution in [0.4, 0.5) is 0 Å². The lowest BCUT2D eigenvalue weighted by molar-refractivity contribution is -0.155. The number of carbonyl (C=O) groups excluding carboxylic acids is 1. The Morgan fingerprint density at radius 2 is 1.86 bits per heavy atom. The maximum Gasteiger partial charge on any atom is 0.347 e. The molecule has 3 rings (SSSR count). The Morgan fingerprint density at radius 1 is 1.14 bits per heavy atom. The summed E-state index contributed by atoms with van der Waals surface area (Å²) in [6.45, 7) is 5.38. The van der Waals surface area contributed by atoms with Gasteiger partial charge in [0.05, 0.1) is 17.1 Å². The fourth-order valence-electron chi connectivity index (χ4n) is 2.64. The van der Waals surface area contributed by atoms with Gasteiger partial charge in [-0.25, -0.2) is 4.79 Å². The molecular formula is C22H21ClO5. The molecule has 0 fully saturated rings. The predicted molar refractivity (Wildman–Crippen MR) is 109 cm³/mol. The van der Waals surface area contributed by atoms with Gasteiger partial charge in [-0.1, -0.05) is 30.7 Å². The van der Waals surface area contributed by atoms with Crippen LogP contribution in [0.2, 0.25) is 5.02 Å². The van der Waals surface area contributed by atoms with Crippen LogP contribution in [0.3, 0.4) is 0 Å². The normalized spacial score (nSPS) is 13.1. The first-order valence-corrected chi connectivity index (χ1v) is 9.45. The first-order valence-electron chi connectivity index (χ1n) is 9.07. The van der Waals surface area contributed by atoms with Crippen molar-refractivity contribution < 1.29 is 18.7 Å². The van der Waals surface area contributed by atoms with Gasteiger partial charge in [0.1, 0.15) is 17.6 Å². The zero-order valence-corrected chi connectivity index (χ0v) is 16.7. The number of rotatable bonds is 6. The number of halogens is 1. The number of hydrogen-bond donors (Lipinski definition) is 0. The molecule has 2 aromatic carbocycles. The number of carbonyl (C=O) groups is 1. The first-order chi connectivity index (χ1) is 13.4. The number of fused-ring (bicyclic) bond motifs is 1. The summed E-state index contributed by atoms with van der Waals surface area (Å²) < 4.78 is 16.6. The molecule has 1 heterocycles. The molecule has 0 aliphatic heterocycles. The quantitative estimate of drug-likeness (QED) is 0.530. The summed E-state index contributed by atoms with van der Waals surface area (Å²) >= 11 is 5.90. The van der Waals surface area contributed by atoms with Gasteiger partial charge in [-0.2, -0.15) is 0 Å². The first kappa shape index (κ1) is 20.0. The van der Waals surface area contributed by atoms with Crippen LogP contribution in [-0.2, 0) is 9.53 Å². The van der Waals surface area contributed by atoms with Crippen molar-refractivity contribution in [1.29, 1.82) is 0 Å². The van der Waals surface area contributed by atoms with Crippen molar-refractivity contribution in [3.8, 4) is 16.9 Å². The molecule has 28 heavy (non-hydrogen) atoms. The van der Waals surface area contributed by atoms with E-state index in [1.807, 2.05) is 13.8 Å². The standard InChI is InChI=1S/C22H21ClO5/c1-4-13(2)27-22(25)14(3)28-17-9-10-18-20(11-17)26-12-19(21(18)24)15-5-7-16(23)8-6-15/h5-14H,4H2,1-3H3/t13-,14+/m1/s1. The van der Waals surface area contributed by atoms with Gasteiger partial charge in [0.25, 0.3) is 0 Å². The van der Waals surface area contributed by atoms with Gasteiger partial charge < -0.3 is 13.9 Å². The second kappa shape index (κ2) is 8.48. The van der Waals surface area contributed by atoms with Gasteiger partial charge in [-0.3, -0.25) is 4.79 Å². The van der Waals surface area contributed by atoms with Gasteiger partial charge in [0.2, 0.25) is 0 Å². The highest BCUT2D eigenvalue weighted by Gasteiger charge is 2.19. The lowest BCUT2D eigenvalue weighted by atomic mass is 10.1. The van der Waals surface area contributed by atoms with Crippen LogP contribution in [0.15, 0.2) is 57.9 Å². The van der Waals surface area contributed by atoms with E-state index < -0.39 is 12.1 Å². The molecule has 0 aliphatic rings. The summed E-state index contributed by atoms with van der Waals surface area (Å²) in [7, 11) is 0. The Bertz CT molecular complexity index is 1040. The molecule has 0 amide bonds. The van der Waals surface area contributed by atoms with Crippen molar-refractivity contribution in [3.63, 3.8) is 0 Å². The van der Waals surface area contributed by atoms with Gasteiger partial charge in [0.15, 0.2) is 11.5 Å². The Labute approximate surface area is 167 Å². The summed E-state index contributed by atoms with van der Waals surface area (Å²) in [6.07, 6.45) is 1.21. The summed E-state index contributed by atoms with van der Waals surface area (Å²) in [4.78, 5) is 24.8. The van der Waals surface area contributed by atoms with E-state index in [0.717, 1.165) is 12.0 Å². The molecule has 146 valence electrons. The zero-order valence-electron chi connectivity index (χ0n) is 15.9. The third kappa shape index (κ3) is 4.37. The van der Waals surface area contributed by atoms with Crippen LogP contribution in [0, 0.1) is 0 Å². The maximum absolute atomic E-state index is 12.8. The van der Waals surface area contributed by atoms with E-state index in [4.69, 9.17) is 25.5 Å². The van der Waals surface area contributed by atoms with E-state index in [1.54, 1.807) is 49.4 Å². The molecule has 0 spiro atoms. The summed E-state index contributed by atoms with van der Waals surface area (Å²) in [6, 6.07) is 11.8. The van der Waals surface area contributed by atoms with Gasteiger partial charge >= 0.3 is 5.97 Å². The third-order valence-electron chi connectivity index (χ3n) is 4.44. The second-order valence-electron chi connectivity index (χ2n) is 6.56. The highest BCUT2D eigenvalue weighted by Crippen LogP contribution is 2.24. The molecule has 3 aromatic rings. The number of esters is 1. The summed E-state index contributed by atoms with van der Waals surface area (Å²) in [5.41, 5.74) is 1.40. The van der Waals surface area contributed by atoms with E-state index in [9.17, 15) is 9.59 Å². The molecule has 0 bridgehead atoms. The van der Waals surface area contributed by atoms with Crippen molar-refractivity contribution in [2.45, 2.75) is 39.4 Å². The van der Waals surface area contributed by atoms with Crippen LogP contribution >= 0.6 is 11.6 Å². The zero-order chi connectivity index (χ0) is 20.3. The summed E-state index contributed by atoms with van der Waals surface area (Å²) in [5.74, 6) is -0.0162. The molecule has 2 atom stereocenters. The lowest BCUT2D eigenvalue weighted by Gasteiger charge is -2.17. The van der Waals surface area contributed by atoms with E-state index in [1.165, 1.54) is 6.26 Å². The Morgan fingerprint density at radius 3 is 2.54 bits per heavy atom. The molecule has 5 nitrogen and oxygen atoms in total. The Kier molecular flexibility index (Phi) is 6.05. The molecular weight excluding hydrogens is 380 g/mol. The van der Waals surface area contributed by atoms with Gasteiger partial charge in [0, 0.05) is 11.1 Å². The minimum Gasteiger partial charge on any atom is -0.479 e. The SMILES string of the molecule is CC[C@@H](C)OC(=O)[C@H](C)Oc1ccc2c(=O)c(-c3ccc(Cl)cc3)coc2c1. The van der Waals surface area contributed by atoms with Crippen molar-refractivity contribution in [2.24, 2.45) is 0 Å². The van der Waals surface area contributed by atoms with Crippen molar-refractivity contribution in [1.82, 2.24) is 0 Å². The van der Waals surface area contributed by atoms with Gasteiger partial charge in [-0.05, 0) is 50.1 Å². The van der Waals surface area contributed by atoms with E-state index in [2.05, 4.69) is 0 Å². The fourth-order valence-corrected chi connectivity index (χ4v) is 2.77. The highest BCUT2D eigenvalue weighted by molar-refractivity contribution is 6.30. The van der Waals surface area contributed by atoms with Crippen molar-refractivity contribution in [2.75, 3.05) is 0 Å². The largest absolute Gasteiger partial charge is 0.479 e. The molecule has 1 aromatic heterocycles. The minimum atomic E-state index is -0.772. The highest BCUT2D eigenvalue weighted by atomic mass is 35.5. The molecule has 0 saturated heterocycles. The molecule has 0 saturated carbocycles. The smallest absolute Gasteiger partial charge is 0.347 e. The third-order valence-corrected chi connectivity index (χ3v) is 4.69. The van der Waals surface area contributed by atoms with Crippen molar-refractivity contribution in [3.05, 3.63) is 64.0 Å². The maximum atomic E-state index is 12.8. The fraction of sp³-hybridized carbons (Fsp3) is 0.273. The number of ether oxygens (including phenoxy) is 2. The predicted octanol–water partition coefficient (Wildman–Crippen LogP) is 5.22. The van der Waals surface area contributed by atoms with Crippen LogP contribution < -0.4 is 10.2 Å². The average Bonchev–Trinajstić information content (AvgIpc) is 2.69. The molecule has 0 radical (unpaired) electrons. The molecule has 0 N–H and O–H groups in total. The Hall–Kier alpha value is -2.79. The number of benzene rings is 2.